The molecule has 0 amide bonds. The van der Waals surface area contributed by atoms with Gasteiger partial charge in [-0.15, -0.1) is 5.11 Å². The van der Waals surface area contributed by atoms with Crippen LogP contribution in [0.5, 0.6) is 5.88 Å². The highest BCUT2D eigenvalue weighted by Crippen LogP contribution is 2.29. The van der Waals surface area contributed by atoms with Crippen LogP contribution in [-0.4, -0.2) is 9.67 Å². The number of nitrogens with zero attached hydrogens (tertiary/aromatic N) is 4. The summed E-state index contributed by atoms with van der Waals surface area (Å²) in [5.74, 6) is -0.404. The topological polar surface area (TPSA) is 90.7 Å². The lowest BCUT2D eigenvalue weighted by Crippen LogP contribution is -2.18. The number of halogens is 2. The van der Waals surface area contributed by atoms with Gasteiger partial charge in [0.2, 0.25) is 5.88 Å². The number of azo groups is 1. The van der Waals surface area contributed by atoms with Crippen molar-refractivity contribution in [2.75, 3.05) is 0 Å². The fraction of sp³-hybridized carbons (Fsp3) is 0.143. The second-order valence-corrected chi connectivity index (χ2v) is 5.26. The summed E-state index contributed by atoms with van der Waals surface area (Å²) in [5.41, 5.74) is 0.0558. The van der Waals surface area contributed by atoms with Crippen LogP contribution in [0.4, 0.5) is 11.4 Å². The zero-order valence-electron chi connectivity index (χ0n) is 11.6. The van der Waals surface area contributed by atoms with Gasteiger partial charge in [0.25, 0.3) is 5.56 Å². The van der Waals surface area contributed by atoms with Gasteiger partial charge >= 0.3 is 0 Å². The van der Waals surface area contributed by atoms with Gasteiger partial charge in [-0.05, 0) is 25.1 Å². The van der Waals surface area contributed by atoms with Crippen molar-refractivity contribution >= 4 is 34.6 Å². The van der Waals surface area contributed by atoms with E-state index in [2.05, 4.69) is 10.2 Å². The van der Waals surface area contributed by atoms with Crippen LogP contribution >= 0.6 is 23.2 Å². The molecular formula is C14H10Cl2N4O2. The van der Waals surface area contributed by atoms with Gasteiger partial charge in [-0.2, -0.15) is 10.4 Å². The Bertz CT molecular complexity index is 882. The maximum atomic E-state index is 12.1. The molecule has 1 heterocycles. The van der Waals surface area contributed by atoms with E-state index in [0.29, 0.717) is 15.7 Å². The molecule has 1 N–H and O–H groups in total. The number of hydrogen-bond acceptors (Lipinski definition) is 5. The molecular weight excluding hydrogens is 327 g/mol. The maximum Gasteiger partial charge on any atom is 0.281 e. The molecule has 1 aromatic heterocycles. The number of hydrogen-bond donors (Lipinski definition) is 1. The van der Waals surface area contributed by atoms with Crippen LogP contribution in [0.2, 0.25) is 10.0 Å². The van der Waals surface area contributed by atoms with Crippen LogP contribution in [0.25, 0.3) is 0 Å². The Hall–Kier alpha value is -2.36. The van der Waals surface area contributed by atoms with Crippen LogP contribution in [0.15, 0.2) is 33.2 Å². The second kappa shape index (κ2) is 6.18. The Kier molecular flexibility index (Phi) is 4.50. The Labute approximate surface area is 135 Å². The van der Waals surface area contributed by atoms with Crippen molar-refractivity contribution in [2.45, 2.75) is 6.92 Å². The van der Waals surface area contributed by atoms with Gasteiger partial charge in [-0.3, -0.25) is 9.36 Å². The average molecular weight is 337 g/mol. The SMILES string of the molecule is Cc1c(C#N)c(O)n(C)c(=O)c1N=Nc1ccc(Cl)c(Cl)c1. The molecule has 2 aromatic rings. The van der Waals surface area contributed by atoms with Gasteiger partial charge in [0.1, 0.15) is 11.6 Å². The van der Waals surface area contributed by atoms with E-state index in [1.165, 1.54) is 20.0 Å². The van der Waals surface area contributed by atoms with Gasteiger partial charge in [0.15, 0.2) is 5.69 Å². The molecule has 0 saturated carbocycles. The van der Waals surface area contributed by atoms with E-state index in [9.17, 15) is 9.90 Å². The quantitative estimate of drug-likeness (QED) is 0.840. The number of aromatic nitrogens is 1. The highest BCUT2D eigenvalue weighted by molar-refractivity contribution is 6.42. The van der Waals surface area contributed by atoms with Crippen LogP contribution in [-0.2, 0) is 7.05 Å². The van der Waals surface area contributed by atoms with E-state index in [0.717, 1.165) is 4.57 Å². The standard InChI is InChI=1S/C14H10Cl2N4O2/c1-7-9(6-17)13(21)20(2)14(22)12(7)19-18-8-3-4-10(15)11(16)5-8/h3-5,21H,1-2H3. The van der Waals surface area contributed by atoms with Crippen LogP contribution < -0.4 is 5.56 Å². The predicted octanol–water partition coefficient (Wildman–Crippen LogP) is 3.99. The Morgan fingerprint density at radius 1 is 1.27 bits per heavy atom. The van der Waals surface area contributed by atoms with Crippen molar-refractivity contribution in [1.29, 1.82) is 5.26 Å². The second-order valence-electron chi connectivity index (χ2n) is 4.45. The molecule has 8 heteroatoms. The summed E-state index contributed by atoms with van der Waals surface area (Å²) < 4.78 is 0.939. The van der Waals surface area contributed by atoms with Gasteiger partial charge in [0.05, 0.1) is 15.7 Å². The van der Waals surface area contributed by atoms with Gasteiger partial charge in [-0.1, -0.05) is 23.2 Å². The molecule has 0 saturated heterocycles. The van der Waals surface area contributed by atoms with E-state index in [-0.39, 0.29) is 16.8 Å². The first-order chi connectivity index (χ1) is 10.4. The fourth-order valence-corrected chi connectivity index (χ4v) is 2.07. The first-order valence-corrected chi connectivity index (χ1v) is 6.81. The number of nitriles is 1. The normalized spacial score (nSPS) is 10.9. The van der Waals surface area contributed by atoms with Crippen LogP contribution in [0.1, 0.15) is 11.1 Å². The molecule has 1 aromatic carbocycles. The van der Waals surface area contributed by atoms with Crippen molar-refractivity contribution in [3.8, 4) is 11.9 Å². The lowest BCUT2D eigenvalue weighted by molar-refractivity contribution is 0.421. The number of benzene rings is 1. The van der Waals surface area contributed by atoms with Crippen molar-refractivity contribution < 1.29 is 5.11 Å². The summed E-state index contributed by atoms with van der Waals surface area (Å²) in [4.78, 5) is 12.1. The number of pyridine rings is 1. The van der Waals surface area contributed by atoms with Crippen LogP contribution in [0, 0.1) is 18.3 Å². The van der Waals surface area contributed by atoms with Crippen molar-refractivity contribution in [2.24, 2.45) is 17.3 Å². The highest BCUT2D eigenvalue weighted by atomic mass is 35.5. The minimum atomic E-state index is -0.558. The molecule has 0 radical (unpaired) electrons. The molecule has 0 fully saturated rings. The third-order valence-corrected chi connectivity index (χ3v) is 3.80. The minimum absolute atomic E-state index is 0.0230. The van der Waals surface area contributed by atoms with E-state index in [1.54, 1.807) is 12.1 Å². The molecule has 112 valence electrons. The third-order valence-electron chi connectivity index (χ3n) is 3.06. The number of rotatable bonds is 2. The van der Waals surface area contributed by atoms with E-state index >= 15 is 0 Å². The molecule has 22 heavy (non-hydrogen) atoms. The first-order valence-electron chi connectivity index (χ1n) is 6.06. The molecule has 0 aliphatic heterocycles. The highest BCUT2D eigenvalue weighted by Gasteiger charge is 2.16. The first kappa shape index (κ1) is 16.0. The molecule has 6 nitrogen and oxygen atoms in total. The lowest BCUT2D eigenvalue weighted by atomic mass is 10.1. The lowest BCUT2D eigenvalue weighted by Gasteiger charge is -2.08. The summed E-state index contributed by atoms with van der Waals surface area (Å²) in [5, 5.41) is 27.3. The van der Waals surface area contributed by atoms with Gasteiger partial charge in [0, 0.05) is 12.6 Å². The van der Waals surface area contributed by atoms with Gasteiger partial charge < -0.3 is 5.11 Å². The maximum absolute atomic E-state index is 12.1. The summed E-state index contributed by atoms with van der Waals surface area (Å²) >= 11 is 11.7. The number of aromatic hydroxyl groups is 1. The smallest absolute Gasteiger partial charge is 0.281 e. The Morgan fingerprint density at radius 2 is 1.95 bits per heavy atom. The zero-order valence-corrected chi connectivity index (χ0v) is 13.1. The van der Waals surface area contributed by atoms with E-state index < -0.39 is 11.4 Å². The predicted molar refractivity (Wildman–Crippen MR) is 83.4 cm³/mol. The molecule has 0 atom stereocenters. The largest absolute Gasteiger partial charge is 0.493 e. The molecule has 0 unspecified atom stereocenters. The molecule has 0 bridgehead atoms. The minimum Gasteiger partial charge on any atom is -0.493 e. The summed E-state index contributed by atoms with van der Waals surface area (Å²) in [7, 11) is 1.34. The van der Waals surface area contributed by atoms with E-state index in [1.807, 2.05) is 6.07 Å². The third kappa shape index (κ3) is 2.82. The molecule has 0 aliphatic carbocycles. The summed E-state index contributed by atoms with van der Waals surface area (Å²) in [6, 6.07) is 6.48. The van der Waals surface area contributed by atoms with Crippen molar-refractivity contribution in [3.63, 3.8) is 0 Å². The Morgan fingerprint density at radius 3 is 2.55 bits per heavy atom. The van der Waals surface area contributed by atoms with Crippen molar-refractivity contribution in [1.82, 2.24) is 4.57 Å². The van der Waals surface area contributed by atoms with Crippen LogP contribution in [0.3, 0.4) is 0 Å². The van der Waals surface area contributed by atoms with Crippen molar-refractivity contribution in [3.05, 3.63) is 49.7 Å². The summed E-state index contributed by atoms with van der Waals surface area (Å²) in [6.45, 7) is 1.52. The summed E-state index contributed by atoms with van der Waals surface area (Å²) in [6.07, 6.45) is 0. The molecule has 0 spiro atoms. The zero-order chi connectivity index (χ0) is 16.4. The van der Waals surface area contributed by atoms with Gasteiger partial charge in [-0.25, -0.2) is 0 Å². The molecule has 2 rings (SSSR count). The fourth-order valence-electron chi connectivity index (χ4n) is 1.78. The van der Waals surface area contributed by atoms with E-state index in [4.69, 9.17) is 28.5 Å². The Balaban J connectivity index is 2.57. The monoisotopic (exact) mass is 336 g/mol. The molecule has 0 aliphatic rings. The average Bonchev–Trinajstić information content (AvgIpc) is 2.49.